The number of rotatable bonds is 3. The minimum atomic E-state index is -0.250. The Hall–Kier alpha value is -0.590. The van der Waals surface area contributed by atoms with Crippen LogP contribution in [0.1, 0.15) is 6.42 Å². The van der Waals surface area contributed by atoms with Crippen molar-refractivity contribution in [2.45, 2.75) is 6.42 Å². The molecule has 46 valence electrons. The number of nitrogens with zero attached hydrogens (tertiary/aromatic N) is 1. The third-order valence-electron chi connectivity index (χ3n) is 0.896. The summed E-state index contributed by atoms with van der Waals surface area (Å²) in [5, 5.41) is 24.7. The molecule has 0 saturated carbocycles. The van der Waals surface area contributed by atoms with E-state index in [9.17, 15) is 0 Å². The van der Waals surface area contributed by atoms with Gasteiger partial charge in [0.25, 0.3) is 0 Å². The average Bonchev–Trinajstić information content (AvgIpc) is 1.83. The molecule has 0 aromatic heterocycles. The van der Waals surface area contributed by atoms with Crippen molar-refractivity contribution in [3.8, 4) is 6.07 Å². The lowest BCUT2D eigenvalue weighted by Crippen LogP contribution is -2.09. The van der Waals surface area contributed by atoms with Crippen LogP contribution in [0.4, 0.5) is 0 Å². The van der Waals surface area contributed by atoms with Crippen LogP contribution in [0.15, 0.2) is 0 Å². The number of aliphatic hydroxyl groups is 2. The van der Waals surface area contributed by atoms with Gasteiger partial charge in [0, 0.05) is 25.6 Å². The molecular formula is C5H9NO2. The van der Waals surface area contributed by atoms with Crippen LogP contribution in [0.2, 0.25) is 0 Å². The third kappa shape index (κ3) is 2.56. The van der Waals surface area contributed by atoms with Gasteiger partial charge in [-0.15, -0.1) is 0 Å². The van der Waals surface area contributed by atoms with Crippen LogP contribution in [-0.2, 0) is 0 Å². The van der Waals surface area contributed by atoms with Gasteiger partial charge in [0.15, 0.2) is 0 Å². The highest BCUT2D eigenvalue weighted by molar-refractivity contribution is 4.74. The Labute approximate surface area is 48.2 Å². The smallest absolute Gasteiger partial charge is 0.0626 e. The van der Waals surface area contributed by atoms with E-state index in [1.54, 1.807) is 0 Å². The molecule has 8 heavy (non-hydrogen) atoms. The van der Waals surface area contributed by atoms with Crippen LogP contribution >= 0.6 is 0 Å². The lowest BCUT2D eigenvalue weighted by molar-refractivity contribution is 0.153. The Bertz CT molecular complexity index is 82.9. The quantitative estimate of drug-likeness (QED) is 0.521. The standard InChI is InChI=1S/C5H9NO2/c6-2-1-5(3-7)4-8/h5,7-8H,1,3-4H2. The molecule has 0 heterocycles. The van der Waals surface area contributed by atoms with E-state index in [-0.39, 0.29) is 25.6 Å². The van der Waals surface area contributed by atoms with Crippen molar-refractivity contribution in [1.82, 2.24) is 0 Å². The molecule has 0 bridgehead atoms. The summed E-state index contributed by atoms with van der Waals surface area (Å²) in [5.74, 6) is -0.250. The van der Waals surface area contributed by atoms with E-state index in [1.165, 1.54) is 0 Å². The fourth-order valence-electron chi connectivity index (χ4n) is 0.316. The summed E-state index contributed by atoms with van der Waals surface area (Å²) >= 11 is 0. The van der Waals surface area contributed by atoms with Crippen LogP contribution in [0.25, 0.3) is 0 Å². The Morgan fingerprint density at radius 3 is 2.00 bits per heavy atom. The Morgan fingerprint density at radius 1 is 1.38 bits per heavy atom. The first kappa shape index (κ1) is 7.41. The zero-order chi connectivity index (χ0) is 6.41. The lowest BCUT2D eigenvalue weighted by Gasteiger charge is -2.02. The highest BCUT2D eigenvalue weighted by Crippen LogP contribution is 1.96. The van der Waals surface area contributed by atoms with Crippen molar-refractivity contribution in [2.75, 3.05) is 13.2 Å². The Kier molecular flexibility index (Phi) is 4.23. The predicted molar refractivity (Wildman–Crippen MR) is 27.9 cm³/mol. The molecule has 0 aliphatic rings. The van der Waals surface area contributed by atoms with Crippen molar-refractivity contribution in [3.63, 3.8) is 0 Å². The van der Waals surface area contributed by atoms with Crippen LogP contribution in [0.3, 0.4) is 0 Å². The maximum atomic E-state index is 8.35. The van der Waals surface area contributed by atoms with Gasteiger partial charge < -0.3 is 10.2 Å². The van der Waals surface area contributed by atoms with Crippen LogP contribution in [0.5, 0.6) is 0 Å². The molecule has 0 aromatic carbocycles. The molecule has 0 unspecified atom stereocenters. The van der Waals surface area contributed by atoms with Crippen molar-refractivity contribution in [1.29, 1.82) is 5.26 Å². The minimum Gasteiger partial charge on any atom is -0.396 e. The number of aliphatic hydroxyl groups excluding tert-OH is 2. The van der Waals surface area contributed by atoms with E-state index in [0.29, 0.717) is 0 Å². The molecule has 0 aliphatic carbocycles. The summed E-state index contributed by atoms with van der Waals surface area (Å²) in [6, 6.07) is 1.85. The highest BCUT2D eigenvalue weighted by atomic mass is 16.3. The van der Waals surface area contributed by atoms with Crippen LogP contribution in [-0.4, -0.2) is 23.4 Å². The van der Waals surface area contributed by atoms with Gasteiger partial charge in [0.2, 0.25) is 0 Å². The largest absolute Gasteiger partial charge is 0.396 e. The fraction of sp³-hybridized carbons (Fsp3) is 0.800. The van der Waals surface area contributed by atoms with Crippen molar-refractivity contribution in [3.05, 3.63) is 0 Å². The van der Waals surface area contributed by atoms with Gasteiger partial charge in [-0.1, -0.05) is 0 Å². The van der Waals surface area contributed by atoms with Crippen molar-refractivity contribution >= 4 is 0 Å². The number of nitriles is 1. The normalized spacial score (nSPS) is 9.25. The SMILES string of the molecule is N#CCC(CO)CO. The Balaban J connectivity index is 3.25. The molecule has 0 radical (unpaired) electrons. The first-order chi connectivity index (χ1) is 3.85. The van der Waals surface area contributed by atoms with Crippen LogP contribution < -0.4 is 0 Å². The molecule has 0 amide bonds. The van der Waals surface area contributed by atoms with Gasteiger partial charge in [0.1, 0.15) is 0 Å². The Morgan fingerprint density at radius 2 is 1.88 bits per heavy atom. The lowest BCUT2D eigenvalue weighted by atomic mass is 10.1. The zero-order valence-electron chi connectivity index (χ0n) is 4.54. The van der Waals surface area contributed by atoms with E-state index in [2.05, 4.69) is 0 Å². The summed E-state index contributed by atoms with van der Waals surface area (Å²) < 4.78 is 0. The monoisotopic (exact) mass is 115 g/mol. The topological polar surface area (TPSA) is 64.2 Å². The first-order valence-corrected chi connectivity index (χ1v) is 2.43. The number of hydrogen-bond donors (Lipinski definition) is 2. The maximum absolute atomic E-state index is 8.35. The molecule has 0 saturated heterocycles. The van der Waals surface area contributed by atoms with Gasteiger partial charge in [-0.25, -0.2) is 0 Å². The molecule has 0 atom stereocenters. The van der Waals surface area contributed by atoms with E-state index < -0.39 is 0 Å². The second-order valence-electron chi connectivity index (χ2n) is 1.59. The zero-order valence-corrected chi connectivity index (χ0v) is 4.54. The minimum absolute atomic E-state index is 0.107. The second kappa shape index (κ2) is 4.57. The fourth-order valence-corrected chi connectivity index (χ4v) is 0.316. The molecule has 0 fully saturated rings. The van der Waals surface area contributed by atoms with Crippen LogP contribution in [0, 0.1) is 17.2 Å². The van der Waals surface area contributed by atoms with E-state index in [0.717, 1.165) is 0 Å². The summed E-state index contributed by atoms with van der Waals surface area (Å²) in [5.41, 5.74) is 0. The van der Waals surface area contributed by atoms with Crippen molar-refractivity contribution < 1.29 is 10.2 Å². The molecule has 3 nitrogen and oxygen atoms in total. The summed E-state index contributed by atoms with van der Waals surface area (Å²) in [6.07, 6.45) is 0.229. The second-order valence-corrected chi connectivity index (χ2v) is 1.59. The number of hydrogen-bond acceptors (Lipinski definition) is 3. The summed E-state index contributed by atoms with van der Waals surface area (Å²) in [4.78, 5) is 0. The van der Waals surface area contributed by atoms with Gasteiger partial charge in [0.05, 0.1) is 6.07 Å². The third-order valence-corrected chi connectivity index (χ3v) is 0.896. The molecule has 3 heteroatoms. The summed E-state index contributed by atoms with van der Waals surface area (Å²) in [6.45, 7) is -0.214. The summed E-state index contributed by atoms with van der Waals surface area (Å²) in [7, 11) is 0. The first-order valence-electron chi connectivity index (χ1n) is 2.43. The van der Waals surface area contributed by atoms with E-state index >= 15 is 0 Å². The van der Waals surface area contributed by atoms with E-state index in [4.69, 9.17) is 15.5 Å². The molecular weight excluding hydrogens is 106 g/mol. The average molecular weight is 115 g/mol. The maximum Gasteiger partial charge on any atom is 0.0626 e. The van der Waals surface area contributed by atoms with Gasteiger partial charge in [-0.2, -0.15) is 5.26 Å². The van der Waals surface area contributed by atoms with Gasteiger partial charge in [-0.05, 0) is 0 Å². The molecule has 0 aliphatic heterocycles. The molecule has 2 N–H and O–H groups in total. The van der Waals surface area contributed by atoms with Gasteiger partial charge >= 0.3 is 0 Å². The molecule has 0 aromatic rings. The highest BCUT2D eigenvalue weighted by Gasteiger charge is 2.02. The predicted octanol–water partition coefficient (Wildman–Crippen LogP) is -0.499. The molecule has 0 spiro atoms. The van der Waals surface area contributed by atoms with Crippen molar-refractivity contribution in [2.24, 2.45) is 5.92 Å². The van der Waals surface area contributed by atoms with E-state index in [1.807, 2.05) is 6.07 Å². The molecule has 0 rings (SSSR count). The van der Waals surface area contributed by atoms with Gasteiger partial charge in [-0.3, -0.25) is 0 Å².